The summed E-state index contributed by atoms with van der Waals surface area (Å²) in [7, 11) is 0. The van der Waals surface area contributed by atoms with Gasteiger partial charge in [0.05, 0.1) is 6.61 Å². The Morgan fingerprint density at radius 2 is 1.86 bits per heavy atom. The summed E-state index contributed by atoms with van der Waals surface area (Å²) in [5.41, 5.74) is 1.59. The molecule has 0 aliphatic rings. The van der Waals surface area contributed by atoms with Gasteiger partial charge in [0.25, 0.3) is 5.91 Å². The van der Waals surface area contributed by atoms with Gasteiger partial charge in [-0.25, -0.2) is 4.39 Å². The SMILES string of the molecule is O=C(COc1ccccc1CO)NCCc1ccc(F)cc1. The second kappa shape index (κ2) is 8.14. The summed E-state index contributed by atoms with van der Waals surface area (Å²) in [6, 6.07) is 13.2. The Morgan fingerprint density at radius 3 is 2.59 bits per heavy atom. The van der Waals surface area contributed by atoms with Crippen molar-refractivity contribution < 1.29 is 19.0 Å². The van der Waals surface area contributed by atoms with Crippen LogP contribution in [-0.4, -0.2) is 24.2 Å². The smallest absolute Gasteiger partial charge is 0.257 e. The van der Waals surface area contributed by atoms with E-state index in [0.717, 1.165) is 5.56 Å². The minimum atomic E-state index is -0.274. The lowest BCUT2D eigenvalue weighted by atomic mass is 10.1. The van der Waals surface area contributed by atoms with Gasteiger partial charge in [-0.1, -0.05) is 30.3 Å². The molecule has 0 bridgehead atoms. The standard InChI is InChI=1S/C17H18FNO3/c18-15-7-5-13(6-8-15)9-10-19-17(21)12-22-16-4-2-1-3-14(16)11-20/h1-8,20H,9-12H2,(H,19,21). The van der Waals surface area contributed by atoms with Gasteiger partial charge in [0.1, 0.15) is 11.6 Å². The number of nitrogens with one attached hydrogen (secondary N) is 1. The maximum atomic E-state index is 12.8. The number of hydrogen-bond acceptors (Lipinski definition) is 3. The van der Waals surface area contributed by atoms with Gasteiger partial charge in [-0.3, -0.25) is 4.79 Å². The molecule has 4 nitrogen and oxygen atoms in total. The largest absolute Gasteiger partial charge is 0.483 e. The molecular weight excluding hydrogens is 285 g/mol. The Morgan fingerprint density at radius 1 is 1.14 bits per heavy atom. The minimum absolute atomic E-state index is 0.111. The Hall–Kier alpha value is -2.40. The maximum absolute atomic E-state index is 12.8. The summed E-state index contributed by atoms with van der Waals surface area (Å²) in [4.78, 5) is 11.7. The van der Waals surface area contributed by atoms with Crippen molar-refractivity contribution in [3.63, 3.8) is 0 Å². The lowest BCUT2D eigenvalue weighted by Gasteiger charge is -2.10. The first-order chi connectivity index (χ1) is 10.7. The van der Waals surface area contributed by atoms with E-state index in [1.807, 2.05) is 0 Å². The van der Waals surface area contributed by atoms with E-state index in [1.165, 1.54) is 12.1 Å². The molecule has 2 N–H and O–H groups in total. The molecule has 0 aliphatic carbocycles. The van der Waals surface area contributed by atoms with Crippen molar-refractivity contribution in [2.45, 2.75) is 13.0 Å². The molecule has 5 heteroatoms. The molecule has 0 aromatic heterocycles. The number of para-hydroxylation sites is 1. The highest BCUT2D eigenvalue weighted by Gasteiger charge is 2.05. The van der Waals surface area contributed by atoms with Crippen LogP contribution >= 0.6 is 0 Å². The monoisotopic (exact) mass is 303 g/mol. The fourth-order valence-electron chi connectivity index (χ4n) is 1.97. The molecule has 0 heterocycles. The first kappa shape index (κ1) is 16.0. The second-order valence-corrected chi connectivity index (χ2v) is 4.78. The van der Waals surface area contributed by atoms with Crippen LogP contribution in [0, 0.1) is 5.82 Å². The van der Waals surface area contributed by atoms with Gasteiger partial charge in [0, 0.05) is 12.1 Å². The zero-order valence-corrected chi connectivity index (χ0v) is 12.1. The third kappa shape index (κ3) is 4.86. The molecule has 0 unspecified atom stereocenters. The first-order valence-electron chi connectivity index (χ1n) is 7.02. The molecule has 1 amide bonds. The van der Waals surface area contributed by atoms with E-state index in [-0.39, 0.29) is 24.9 Å². The number of carbonyl (C=O) groups is 1. The molecular formula is C17H18FNO3. The molecule has 2 aromatic rings. The Kier molecular flexibility index (Phi) is 5.91. The molecule has 0 radical (unpaired) electrons. The quantitative estimate of drug-likeness (QED) is 0.823. The average Bonchev–Trinajstić information content (AvgIpc) is 2.55. The molecule has 0 saturated carbocycles. The van der Waals surface area contributed by atoms with Crippen molar-refractivity contribution >= 4 is 5.91 Å². The van der Waals surface area contributed by atoms with E-state index in [2.05, 4.69) is 5.32 Å². The predicted octanol–water partition coefficient (Wildman–Crippen LogP) is 2.06. The van der Waals surface area contributed by atoms with Crippen molar-refractivity contribution in [1.82, 2.24) is 5.32 Å². The molecule has 0 aliphatic heterocycles. The lowest BCUT2D eigenvalue weighted by Crippen LogP contribution is -2.30. The Labute approximate surface area is 128 Å². The van der Waals surface area contributed by atoms with Crippen molar-refractivity contribution in [2.24, 2.45) is 0 Å². The Balaban J connectivity index is 1.73. The number of carbonyl (C=O) groups excluding carboxylic acids is 1. The van der Waals surface area contributed by atoms with Gasteiger partial charge in [-0.2, -0.15) is 0 Å². The topological polar surface area (TPSA) is 58.6 Å². The van der Waals surface area contributed by atoms with E-state index < -0.39 is 0 Å². The number of amides is 1. The highest BCUT2D eigenvalue weighted by atomic mass is 19.1. The number of rotatable bonds is 7. The second-order valence-electron chi connectivity index (χ2n) is 4.78. The number of aliphatic hydroxyl groups is 1. The third-order valence-corrected chi connectivity index (χ3v) is 3.15. The summed E-state index contributed by atoms with van der Waals surface area (Å²) in [5, 5.41) is 11.9. The van der Waals surface area contributed by atoms with Crippen molar-refractivity contribution in [3.05, 3.63) is 65.5 Å². The summed E-state index contributed by atoms with van der Waals surface area (Å²) in [6.45, 7) is 0.207. The van der Waals surface area contributed by atoms with E-state index in [0.29, 0.717) is 24.3 Å². The number of hydrogen-bond donors (Lipinski definition) is 2. The van der Waals surface area contributed by atoms with Gasteiger partial charge in [0.2, 0.25) is 0 Å². The molecule has 0 fully saturated rings. The van der Waals surface area contributed by atoms with Gasteiger partial charge >= 0.3 is 0 Å². The zero-order chi connectivity index (χ0) is 15.8. The van der Waals surface area contributed by atoms with Crippen LogP contribution in [0.25, 0.3) is 0 Å². The van der Waals surface area contributed by atoms with Crippen LogP contribution in [0.2, 0.25) is 0 Å². The highest BCUT2D eigenvalue weighted by molar-refractivity contribution is 5.77. The molecule has 0 spiro atoms. The van der Waals surface area contributed by atoms with Crippen LogP contribution in [0.3, 0.4) is 0 Å². The van der Waals surface area contributed by atoms with Crippen molar-refractivity contribution in [1.29, 1.82) is 0 Å². The maximum Gasteiger partial charge on any atom is 0.257 e. The zero-order valence-electron chi connectivity index (χ0n) is 12.1. The summed E-state index contributed by atoms with van der Waals surface area (Å²) >= 11 is 0. The van der Waals surface area contributed by atoms with Crippen LogP contribution in [0.15, 0.2) is 48.5 Å². The summed E-state index contributed by atoms with van der Waals surface area (Å²) < 4.78 is 18.1. The summed E-state index contributed by atoms with van der Waals surface area (Å²) in [6.07, 6.45) is 0.624. The normalized spacial score (nSPS) is 10.3. The van der Waals surface area contributed by atoms with E-state index in [9.17, 15) is 9.18 Å². The predicted molar refractivity (Wildman–Crippen MR) is 81.0 cm³/mol. The van der Waals surface area contributed by atoms with Crippen LogP contribution in [0.1, 0.15) is 11.1 Å². The fraction of sp³-hybridized carbons (Fsp3) is 0.235. The van der Waals surface area contributed by atoms with Crippen LogP contribution < -0.4 is 10.1 Å². The van der Waals surface area contributed by atoms with Crippen molar-refractivity contribution in [2.75, 3.05) is 13.2 Å². The molecule has 0 saturated heterocycles. The van der Waals surface area contributed by atoms with E-state index >= 15 is 0 Å². The van der Waals surface area contributed by atoms with E-state index in [4.69, 9.17) is 9.84 Å². The molecule has 2 rings (SSSR count). The number of ether oxygens (including phenoxy) is 1. The van der Waals surface area contributed by atoms with Crippen LogP contribution in [0.5, 0.6) is 5.75 Å². The third-order valence-electron chi connectivity index (χ3n) is 3.15. The van der Waals surface area contributed by atoms with Gasteiger partial charge in [-0.15, -0.1) is 0 Å². The van der Waals surface area contributed by atoms with Gasteiger partial charge in [0.15, 0.2) is 6.61 Å². The average molecular weight is 303 g/mol. The van der Waals surface area contributed by atoms with Crippen LogP contribution in [-0.2, 0) is 17.8 Å². The summed E-state index contributed by atoms with van der Waals surface area (Å²) in [5.74, 6) is -0.0164. The number of aliphatic hydroxyl groups excluding tert-OH is 1. The molecule has 22 heavy (non-hydrogen) atoms. The molecule has 2 aromatic carbocycles. The van der Waals surface area contributed by atoms with Crippen LogP contribution in [0.4, 0.5) is 4.39 Å². The highest BCUT2D eigenvalue weighted by Crippen LogP contribution is 2.17. The molecule has 0 atom stereocenters. The first-order valence-corrected chi connectivity index (χ1v) is 7.02. The number of halogens is 1. The lowest BCUT2D eigenvalue weighted by molar-refractivity contribution is -0.123. The minimum Gasteiger partial charge on any atom is -0.483 e. The van der Waals surface area contributed by atoms with Gasteiger partial charge < -0.3 is 15.2 Å². The molecule has 116 valence electrons. The van der Waals surface area contributed by atoms with Gasteiger partial charge in [-0.05, 0) is 30.2 Å². The number of benzene rings is 2. The fourth-order valence-corrected chi connectivity index (χ4v) is 1.97. The van der Waals surface area contributed by atoms with E-state index in [1.54, 1.807) is 36.4 Å². The Bertz CT molecular complexity index is 614. The van der Waals surface area contributed by atoms with Crippen molar-refractivity contribution in [3.8, 4) is 5.75 Å².